The molecule has 0 radical (unpaired) electrons. The lowest BCUT2D eigenvalue weighted by atomic mass is 10.1. The number of halogens is 1. The maximum atomic E-state index is 12.4. The number of aromatic nitrogens is 2. The summed E-state index contributed by atoms with van der Waals surface area (Å²) in [4.78, 5) is 12.4. The van der Waals surface area contributed by atoms with Crippen molar-refractivity contribution in [3.63, 3.8) is 0 Å². The molecule has 2 rings (SSSR count). The fourth-order valence-corrected chi connectivity index (χ4v) is 1.93. The van der Waals surface area contributed by atoms with Crippen molar-refractivity contribution in [3.05, 3.63) is 52.3 Å². The summed E-state index contributed by atoms with van der Waals surface area (Å²) in [6.45, 7) is 2.94. The van der Waals surface area contributed by atoms with Crippen molar-refractivity contribution in [2.45, 2.75) is 13.5 Å². The van der Waals surface area contributed by atoms with Gasteiger partial charge in [-0.3, -0.25) is 9.48 Å². The third-order valence-electron chi connectivity index (χ3n) is 2.88. The summed E-state index contributed by atoms with van der Waals surface area (Å²) < 4.78 is 6.65. The second kappa shape index (κ2) is 5.99. The minimum Gasteiger partial charge on any atom is -0.383 e. The van der Waals surface area contributed by atoms with E-state index in [1.807, 2.05) is 6.92 Å². The number of carbonyl (C=O) groups is 1. The molecule has 0 aliphatic rings. The van der Waals surface area contributed by atoms with Crippen LogP contribution in [0.2, 0.25) is 5.02 Å². The quantitative estimate of drug-likeness (QED) is 0.790. The van der Waals surface area contributed by atoms with Gasteiger partial charge in [0.15, 0.2) is 0 Å². The Hall–Kier alpha value is -1.65. The monoisotopic (exact) mass is 278 g/mol. The number of hydrogen-bond acceptors (Lipinski definition) is 3. The van der Waals surface area contributed by atoms with Crippen LogP contribution in [0.5, 0.6) is 0 Å². The van der Waals surface area contributed by atoms with E-state index in [4.69, 9.17) is 16.3 Å². The molecule has 0 atom stereocenters. The van der Waals surface area contributed by atoms with Gasteiger partial charge in [-0.15, -0.1) is 0 Å². The predicted octanol–water partition coefficient (Wildman–Crippen LogP) is 2.72. The molecule has 0 unspecified atom stereocenters. The van der Waals surface area contributed by atoms with E-state index in [1.54, 1.807) is 42.3 Å². The topological polar surface area (TPSA) is 44.1 Å². The van der Waals surface area contributed by atoms with Crippen LogP contribution in [0.15, 0.2) is 30.5 Å². The summed E-state index contributed by atoms with van der Waals surface area (Å²) in [6, 6.07) is 6.96. The van der Waals surface area contributed by atoms with Gasteiger partial charge >= 0.3 is 0 Å². The summed E-state index contributed by atoms with van der Waals surface area (Å²) in [6.07, 6.45) is 1.62. The predicted molar refractivity (Wildman–Crippen MR) is 73.7 cm³/mol. The third-order valence-corrected chi connectivity index (χ3v) is 3.30. The molecule has 0 spiro atoms. The lowest BCUT2D eigenvalue weighted by Crippen LogP contribution is -2.14. The van der Waals surface area contributed by atoms with Crippen LogP contribution < -0.4 is 0 Å². The molecule has 0 amide bonds. The van der Waals surface area contributed by atoms with E-state index >= 15 is 0 Å². The summed E-state index contributed by atoms with van der Waals surface area (Å²) in [5.74, 6) is -0.0617. The lowest BCUT2D eigenvalue weighted by Gasteiger charge is -2.07. The zero-order chi connectivity index (χ0) is 13.8. The average molecular weight is 279 g/mol. The Balaban J connectivity index is 2.28. The van der Waals surface area contributed by atoms with Crippen LogP contribution in [0.3, 0.4) is 0 Å². The van der Waals surface area contributed by atoms with E-state index in [9.17, 15) is 4.79 Å². The van der Waals surface area contributed by atoms with Gasteiger partial charge in [0.2, 0.25) is 5.78 Å². The first-order valence-electron chi connectivity index (χ1n) is 5.95. The Bertz CT molecular complexity index is 593. The smallest absolute Gasteiger partial charge is 0.211 e. The highest BCUT2D eigenvalue weighted by molar-refractivity contribution is 6.31. The van der Waals surface area contributed by atoms with Gasteiger partial charge in [-0.1, -0.05) is 11.6 Å². The van der Waals surface area contributed by atoms with E-state index < -0.39 is 0 Å². The summed E-state index contributed by atoms with van der Waals surface area (Å²) in [5.41, 5.74) is 2.05. The van der Waals surface area contributed by atoms with Crippen molar-refractivity contribution in [2.75, 3.05) is 13.7 Å². The van der Waals surface area contributed by atoms with Crippen LogP contribution in [0.4, 0.5) is 0 Å². The van der Waals surface area contributed by atoms with Crippen LogP contribution in [-0.2, 0) is 11.3 Å². The maximum Gasteiger partial charge on any atom is 0.211 e. The Labute approximate surface area is 116 Å². The summed E-state index contributed by atoms with van der Waals surface area (Å²) in [5, 5.41) is 4.79. The zero-order valence-corrected chi connectivity index (χ0v) is 11.6. The Morgan fingerprint density at radius 2 is 2.21 bits per heavy atom. The lowest BCUT2D eigenvalue weighted by molar-refractivity contribution is 0.102. The highest BCUT2D eigenvalue weighted by Gasteiger charge is 2.14. The molecule has 0 bridgehead atoms. The fraction of sp³-hybridized carbons (Fsp3) is 0.286. The molecule has 100 valence electrons. The van der Waals surface area contributed by atoms with Crippen LogP contribution in [0, 0.1) is 6.92 Å². The Morgan fingerprint density at radius 3 is 2.89 bits per heavy atom. The third kappa shape index (κ3) is 3.03. The first-order valence-corrected chi connectivity index (χ1v) is 6.33. The largest absolute Gasteiger partial charge is 0.383 e. The van der Waals surface area contributed by atoms with Gasteiger partial charge in [-0.25, -0.2) is 0 Å². The van der Waals surface area contributed by atoms with Crippen molar-refractivity contribution in [1.82, 2.24) is 9.78 Å². The molecule has 0 aliphatic heterocycles. The van der Waals surface area contributed by atoms with Crippen LogP contribution >= 0.6 is 11.6 Å². The molecule has 5 heteroatoms. The number of benzene rings is 1. The molecule has 0 fully saturated rings. The zero-order valence-electron chi connectivity index (χ0n) is 10.9. The molecule has 0 saturated heterocycles. The van der Waals surface area contributed by atoms with Gasteiger partial charge in [0.05, 0.1) is 13.2 Å². The normalized spacial score (nSPS) is 10.7. The van der Waals surface area contributed by atoms with Crippen molar-refractivity contribution in [2.24, 2.45) is 0 Å². The number of rotatable bonds is 5. The molecule has 1 aromatic heterocycles. The van der Waals surface area contributed by atoms with Crippen molar-refractivity contribution in [3.8, 4) is 0 Å². The second-order valence-electron chi connectivity index (χ2n) is 4.23. The summed E-state index contributed by atoms with van der Waals surface area (Å²) >= 11 is 5.96. The molecule has 4 nitrogen and oxygen atoms in total. The van der Waals surface area contributed by atoms with Crippen molar-refractivity contribution in [1.29, 1.82) is 0 Å². The average Bonchev–Trinajstić information content (AvgIpc) is 2.87. The molecule has 19 heavy (non-hydrogen) atoms. The molecule has 2 aromatic rings. The molecule has 0 N–H and O–H groups in total. The second-order valence-corrected chi connectivity index (χ2v) is 4.63. The van der Waals surface area contributed by atoms with Crippen LogP contribution in [-0.4, -0.2) is 29.3 Å². The number of carbonyl (C=O) groups excluding carboxylic acids is 1. The van der Waals surface area contributed by atoms with E-state index in [2.05, 4.69) is 5.10 Å². The van der Waals surface area contributed by atoms with E-state index in [0.29, 0.717) is 29.4 Å². The van der Waals surface area contributed by atoms with E-state index in [1.165, 1.54) is 0 Å². The highest BCUT2D eigenvalue weighted by Crippen LogP contribution is 2.18. The number of hydrogen-bond donors (Lipinski definition) is 0. The van der Waals surface area contributed by atoms with Gasteiger partial charge in [0.25, 0.3) is 0 Å². The van der Waals surface area contributed by atoms with Gasteiger partial charge in [-0.05, 0) is 36.8 Å². The Kier molecular flexibility index (Phi) is 4.35. The first-order chi connectivity index (χ1) is 9.13. The molecular formula is C14H15ClN2O2. The number of ether oxygens (including phenoxy) is 1. The minimum absolute atomic E-state index is 0.0617. The number of nitrogens with zero attached hydrogens (tertiary/aromatic N) is 2. The molecule has 0 saturated carbocycles. The molecular weight excluding hydrogens is 264 g/mol. The van der Waals surface area contributed by atoms with Gasteiger partial charge in [0, 0.05) is 23.9 Å². The van der Waals surface area contributed by atoms with Gasteiger partial charge < -0.3 is 4.74 Å². The SMILES string of the molecule is COCCn1nccc1C(=O)c1ccc(Cl)c(C)c1. The van der Waals surface area contributed by atoms with Crippen molar-refractivity contribution < 1.29 is 9.53 Å². The van der Waals surface area contributed by atoms with Crippen molar-refractivity contribution >= 4 is 17.4 Å². The van der Waals surface area contributed by atoms with Crippen LogP contribution in [0.1, 0.15) is 21.6 Å². The summed E-state index contributed by atoms with van der Waals surface area (Å²) in [7, 11) is 1.62. The first kappa shape index (κ1) is 13.8. The minimum atomic E-state index is -0.0617. The molecule has 1 aromatic carbocycles. The van der Waals surface area contributed by atoms with Gasteiger partial charge in [0.1, 0.15) is 5.69 Å². The number of aryl methyl sites for hydroxylation is 1. The molecule has 0 aliphatic carbocycles. The highest BCUT2D eigenvalue weighted by atomic mass is 35.5. The molecule has 1 heterocycles. The van der Waals surface area contributed by atoms with Gasteiger partial charge in [-0.2, -0.15) is 5.10 Å². The standard InChI is InChI=1S/C14H15ClN2O2/c1-10-9-11(3-4-12(10)15)14(18)13-5-6-16-17(13)7-8-19-2/h3-6,9H,7-8H2,1-2H3. The van der Waals surface area contributed by atoms with E-state index in [0.717, 1.165) is 5.56 Å². The maximum absolute atomic E-state index is 12.4. The number of ketones is 1. The Morgan fingerprint density at radius 1 is 1.42 bits per heavy atom. The fourth-order valence-electron chi connectivity index (χ4n) is 1.82. The number of methoxy groups -OCH3 is 1. The van der Waals surface area contributed by atoms with E-state index in [-0.39, 0.29) is 5.78 Å². The van der Waals surface area contributed by atoms with Crippen LogP contribution in [0.25, 0.3) is 0 Å².